The topological polar surface area (TPSA) is 173 Å². The normalized spacial score (nSPS) is 10.4. The second kappa shape index (κ2) is 5.01. The maximum atomic E-state index is 11.1. The largest absolute Gasteiger partial charge is 0.360 e. The van der Waals surface area contributed by atoms with E-state index in [0.717, 1.165) is 12.1 Å². The van der Waals surface area contributed by atoms with Gasteiger partial charge in [0, 0.05) is 18.2 Å². The average molecular weight is 308 g/mol. The number of nitro benzene ring substituents is 4. The molecule has 0 bridgehead atoms. The Bertz CT molecular complexity index is 862. The molecular formula is C10H4N4O8. The predicted molar refractivity (Wildman–Crippen MR) is 70.6 cm³/mol. The van der Waals surface area contributed by atoms with Crippen LogP contribution in [0.3, 0.4) is 0 Å². The molecule has 2 rings (SSSR count). The molecule has 0 radical (unpaired) electrons. The Hall–Kier alpha value is -3.70. The van der Waals surface area contributed by atoms with E-state index in [-0.39, 0.29) is 0 Å². The van der Waals surface area contributed by atoms with Gasteiger partial charge in [0.05, 0.1) is 25.1 Å². The number of hydrogen-bond donors (Lipinski definition) is 0. The lowest BCUT2D eigenvalue weighted by atomic mass is 10.0. The molecule has 2 aromatic carbocycles. The van der Waals surface area contributed by atoms with Crippen LogP contribution in [0.15, 0.2) is 24.3 Å². The highest BCUT2D eigenvalue weighted by Crippen LogP contribution is 2.43. The third kappa shape index (κ3) is 2.13. The zero-order valence-electron chi connectivity index (χ0n) is 10.4. The van der Waals surface area contributed by atoms with Gasteiger partial charge in [-0.1, -0.05) is 0 Å². The minimum absolute atomic E-state index is 0.420. The van der Waals surface area contributed by atoms with E-state index in [1.807, 2.05) is 0 Å². The summed E-state index contributed by atoms with van der Waals surface area (Å²) in [5.41, 5.74) is -3.59. The van der Waals surface area contributed by atoms with Gasteiger partial charge in [-0.05, 0) is 6.07 Å². The van der Waals surface area contributed by atoms with Gasteiger partial charge in [0.2, 0.25) is 0 Å². The van der Waals surface area contributed by atoms with Crippen molar-refractivity contribution in [3.05, 3.63) is 64.7 Å². The fraction of sp³-hybridized carbons (Fsp3) is 0. The van der Waals surface area contributed by atoms with Gasteiger partial charge in [0.25, 0.3) is 11.4 Å². The van der Waals surface area contributed by atoms with Crippen molar-refractivity contribution in [3.8, 4) is 0 Å². The van der Waals surface area contributed by atoms with Gasteiger partial charge in [-0.3, -0.25) is 40.5 Å². The predicted octanol–water partition coefficient (Wildman–Crippen LogP) is 2.47. The highest BCUT2D eigenvalue weighted by Gasteiger charge is 2.35. The summed E-state index contributed by atoms with van der Waals surface area (Å²) in [5, 5.41) is 42.7. The number of non-ortho nitro benzene ring substituents is 2. The minimum Gasteiger partial charge on any atom is -0.258 e. The van der Waals surface area contributed by atoms with Gasteiger partial charge >= 0.3 is 11.4 Å². The van der Waals surface area contributed by atoms with Crippen LogP contribution in [0.25, 0.3) is 10.8 Å². The van der Waals surface area contributed by atoms with Crippen LogP contribution in [0.4, 0.5) is 22.7 Å². The molecule has 0 aliphatic carbocycles. The molecule has 0 fully saturated rings. The number of hydrogen-bond acceptors (Lipinski definition) is 8. The molecule has 22 heavy (non-hydrogen) atoms. The summed E-state index contributed by atoms with van der Waals surface area (Å²) < 4.78 is 0. The molecule has 0 heterocycles. The molecule has 12 nitrogen and oxygen atoms in total. The molecule has 0 spiro atoms. The maximum absolute atomic E-state index is 11.1. The molecule has 0 aliphatic rings. The SMILES string of the molecule is O=[N+]([O-])c1ccc2c([N+](=O)[O-])ccc([N+](=O)[O-])c2c1[N+](=O)[O-]. The fourth-order valence-corrected chi connectivity index (χ4v) is 2.03. The third-order valence-electron chi connectivity index (χ3n) is 2.86. The van der Waals surface area contributed by atoms with E-state index >= 15 is 0 Å². The van der Waals surface area contributed by atoms with E-state index in [4.69, 9.17) is 0 Å². The Morgan fingerprint density at radius 2 is 1.05 bits per heavy atom. The van der Waals surface area contributed by atoms with Gasteiger partial charge in [0.1, 0.15) is 0 Å². The number of fused-ring (bicyclic) bond motifs is 1. The van der Waals surface area contributed by atoms with Crippen LogP contribution in [-0.2, 0) is 0 Å². The lowest BCUT2D eigenvalue weighted by molar-refractivity contribution is -0.422. The summed E-state index contributed by atoms with van der Waals surface area (Å²) in [6.07, 6.45) is 0. The average Bonchev–Trinajstić information content (AvgIpc) is 2.43. The monoisotopic (exact) mass is 308 g/mol. The first kappa shape index (κ1) is 14.7. The van der Waals surface area contributed by atoms with Gasteiger partial charge in [-0.2, -0.15) is 0 Å². The fourth-order valence-electron chi connectivity index (χ4n) is 2.03. The molecule has 0 saturated heterocycles. The van der Waals surface area contributed by atoms with Gasteiger partial charge in [0.15, 0.2) is 5.39 Å². The Morgan fingerprint density at radius 3 is 1.50 bits per heavy atom. The molecule has 0 amide bonds. The first-order valence-corrected chi connectivity index (χ1v) is 5.43. The lowest BCUT2D eigenvalue weighted by Gasteiger charge is -2.03. The van der Waals surface area contributed by atoms with Crippen molar-refractivity contribution >= 4 is 33.5 Å². The van der Waals surface area contributed by atoms with Crippen molar-refractivity contribution in [2.45, 2.75) is 0 Å². The summed E-state index contributed by atoms with van der Waals surface area (Å²) in [7, 11) is 0. The summed E-state index contributed by atoms with van der Waals surface area (Å²) in [5.74, 6) is 0. The number of benzene rings is 2. The molecule has 12 heteroatoms. The molecule has 0 atom stereocenters. The Kier molecular flexibility index (Phi) is 3.35. The second-order valence-electron chi connectivity index (χ2n) is 3.99. The zero-order valence-corrected chi connectivity index (χ0v) is 10.4. The summed E-state index contributed by atoms with van der Waals surface area (Å²) in [4.78, 5) is 39.8. The number of rotatable bonds is 4. The van der Waals surface area contributed by atoms with Crippen LogP contribution < -0.4 is 0 Å². The maximum Gasteiger partial charge on any atom is 0.360 e. The van der Waals surface area contributed by atoms with Crippen molar-refractivity contribution in [2.75, 3.05) is 0 Å². The first-order chi connectivity index (χ1) is 10.3. The van der Waals surface area contributed by atoms with Crippen LogP contribution >= 0.6 is 0 Å². The Labute approximate surface area is 119 Å². The summed E-state index contributed by atoms with van der Waals surface area (Å²) >= 11 is 0. The van der Waals surface area contributed by atoms with Crippen molar-refractivity contribution in [1.82, 2.24) is 0 Å². The zero-order chi connectivity index (χ0) is 16.6. The third-order valence-corrected chi connectivity index (χ3v) is 2.86. The van der Waals surface area contributed by atoms with E-state index in [2.05, 4.69) is 0 Å². The first-order valence-electron chi connectivity index (χ1n) is 5.43. The van der Waals surface area contributed by atoms with Crippen LogP contribution in [0.2, 0.25) is 0 Å². The summed E-state index contributed by atoms with van der Waals surface area (Å²) in [6, 6.07) is 3.11. The molecule has 0 unspecified atom stereocenters. The smallest absolute Gasteiger partial charge is 0.258 e. The van der Waals surface area contributed by atoms with E-state index < -0.39 is 53.2 Å². The molecule has 112 valence electrons. The molecular weight excluding hydrogens is 304 g/mol. The highest BCUT2D eigenvalue weighted by molar-refractivity contribution is 6.05. The summed E-state index contributed by atoms with van der Waals surface area (Å²) in [6.45, 7) is 0. The molecule has 0 saturated carbocycles. The standard InChI is InChI=1S/C10H4N4O8/c15-11(16)6-3-4-7(12(17)18)9-5(6)1-2-8(13(19)20)10(9)14(21)22/h1-4H. The Morgan fingerprint density at radius 1 is 0.591 bits per heavy atom. The second-order valence-corrected chi connectivity index (χ2v) is 3.99. The van der Waals surface area contributed by atoms with Crippen molar-refractivity contribution in [1.29, 1.82) is 0 Å². The molecule has 0 aromatic heterocycles. The van der Waals surface area contributed by atoms with Crippen molar-refractivity contribution in [2.24, 2.45) is 0 Å². The van der Waals surface area contributed by atoms with Gasteiger partial charge < -0.3 is 0 Å². The van der Waals surface area contributed by atoms with Crippen LogP contribution in [-0.4, -0.2) is 19.7 Å². The van der Waals surface area contributed by atoms with E-state index in [9.17, 15) is 40.5 Å². The van der Waals surface area contributed by atoms with E-state index in [1.165, 1.54) is 0 Å². The van der Waals surface area contributed by atoms with Crippen molar-refractivity contribution in [3.63, 3.8) is 0 Å². The highest BCUT2D eigenvalue weighted by atomic mass is 16.6. The van der Waals surface area contributed by atoms with E-state index in [1.54, 1.807) is 0 Å². The molecule has 0 N–H and O–H groups in total. The lowest BCUT2D eigenvalue weighted by Crippen LogP contribution is -2.01. The molecule has 0 aliphatic heterocycles. The van der Waals surface area contributed by atoms with E-state index in [0.29, 0.717) is 12.1 Å². The Balaban J connectivity index is 3.13. The van der Waals surface area contributed by atoms with Gasteiger partial charge in [-0.15, -0.1) is 0 Å². The number of nitro groups is 4. The van der Waals surface area contributed by atoms with Crippen LogP contribution in [0, 0.1) is 40.5 Å². The minimum atomic E-state index is -1.17. The molecule has 2 aromatic rings. The van der Waals surface area contributed by atoms with Crippen LogP contribution in [0.1, 0.15) is 0 Å². The number of nitrogens with zero attached hydrogens (tertiary/aromatic N) is 4. The van der Waals surface area contributed by atoms with Crippen molar-refractivity contribution < 1.29 is 19.7 Å². The van der Waals surface area contributed by atoms with Crippen LogP contribution in [0.5, 0.6) is 0 Å². The quantitative estimate of drug-likeness (QED) is 0.611. The van der Waals surface area contributed by atoms with Gasteiger partial charge in [-0.25, -0.2) is 0 Å².